The van der Waals surface area contributed by atoms with Crippen LogP contribution in [0.2, 0.25) is 0 Å². The van der Waals surface area contributed by atoms with Crippen LogP contribution in [0.3, 0.4) is 0 Å². The van der Waals surface area contributed by atoms with E-state index in [1.54, 1.807) is 0 Å². The third-order valence-electron chi connectivity index (χ3n) is 4.83. The summed E-state index contributed by atoms with van der Waals surface area (Å²) in [6.07, 6.45) is 1.97. The lowest BCUT2D eigenvalue weighted by atomic mass is 9.92. The zero-order valence-corrected chi connectivity index (χ0v) is 13.3. The van der Waals surface area contributed by atoms with E-state index >= 15 is 0 Å². The molecule has 2 fully saturated rings. The first kappa shape index (κ1) is 15.7. The molecule has 2 aliphatic rings. The molecule has 0 spiro atoms. The van der Waals surface area contributed by atoms with Crippen LogP contribution < -0.4 is 4.90 Å². The number of aliphatic hydroxyl groups is 1. The van der Waals surface area contributed by atoms with E-state index in [4.69, 9.17) is 0 Å². The molecule has 22 heavy (non-hydrogen) atoms. The maximum Gasteiger partial charge on any atom is 0.123 e. The van der Waals surface area contributed by atoms with Crippen LogP contribution >= 0.6 is 0 Å². The van der Waals surface area contributed by atoms with Crippen molar-refractivity contribution in [3.8, 4) is 0 Å². The zero-order valence-electron chi connectivity index (χ0n) is 13.3. The van der Waals surface area contributed by atoms with Crippen LogP contribution in [0.5, 0.6) is 0 Å². The van der Waals surface area contributed by atoms with Gasteiger partial charge in [-0.15, -0.1) is 0 Å². The summed E-state index contributed by atoms with van der Waals surface area (Å²) in [5.74, 6) is -0.189. The van der Waals surface area contributed by atoms with E-state index in [0.717, 1.165) is 64.3 Å². The first-order valence-electron chi connectivity index (χ1n) is 8.18. The first-order valence-corrected chi connectivity index (χ1v) is 8.18. The van der Waals surface area contributed by atoms with Crippen LogP contribution in [-0.2, 0) is 0 Å². The fraction of sp³-hybridized carbons (Fsp3) is 0.647. The number of benzene rings is 1. The van der Waals surface area contributed by atoms with Crippen molar-refractivity contribution in [2.75, 3.05) is 57.8 Å². The molecule has 5 heteroatoms. The van der Waals surface area contributed by atoms with Gasteiger partial charge in [-0.1, -0.05) is 0 Å². The van der Waals surface area contributed by atoms with Crippen molar-refractivity contribution >= 4 is 5.69 Å². The van der Waals surface area contributed by atoms with E-state index in [-0.39, 0.29) is 5.82 Å². The highest BCUT2D eigenvalue weighted by Gasteiger charge is 2.34. The molecule has 1 atom stereocenters. The molecule has 0 bridgehead atoms. The molecule has 0 radical (unpaired) electrons. The van der Waals surface area contributed by atoms with Crippen molar-refractivity contribution < 1.29 is 9.50 Å². The van der Waals surface area contributed by atoms with Gasteiger partial charge in [0.05, 0.1) is 5.60 Å². The molecule has 122 valence electrons. The molecular weight excluding hydrogens is 281 g/mol. The minimum absolute atomic E-state index is 0.189. The number of likely N-dealkylation sites (tertiary alicyclic amines) is 1. The Morgan fingerprint density at radius 1 is 1.09 bits per heavy atom. The number of nitrogens with zero attached hydrogens (tertiary/aromatic N) is 3. The topological polar surface area (TPSA) is 30.0 Å². The summed E-state index contributed by atoms with van der Waals surface area (Å²) in [6.45, 7) is 6.36. The van der Waals surface area contributed by atoms with Crippen LogP contribution in [0.1, 0.15) is 12.8 Å². The van der Waals surface area contributed by atoms with Crippen molar-refractivity contribution in [3.05, 3.63) is 30.1 Å². The first-order chi connectivity index (χ1) is 10.5. The van der Waals surface area contributed by atoms with Gasteiger partial charge in [0.2, 0.25) is 0 Å². The number of rotatable bonds is 3. The van der Waals surface area contributed by atoms with Gasteiger partial charge in [-0.05, 0) is 50.7 Å². The summed E-state index contributed by atoms with van der Waals surface area (Å²) in [7, 11) is 2.08. The van der Waals surface area contributed by atoms with E-state index in [0.29, 0.717) is 0 Å². The molecule has 2 heterocycles. The van der Waals surface area contributed by atoms with Gasteiger partial charge >= 0.3 is 0 Å². The van der Waals surface area contributed by atoms with Gasteiger partial charge in [0.25, 0.3) is 0 Å². The number of hydrogen-bond donors (Lipinski definition) is 1. The largest absolute Gasteiger partial charge is 0.387 e. The molecular formula is C17H26FN3O. The molecule has 4 nitrogen and oxygen atoms in total. The van der Waals surface area contributed by atoms with E-state index in [1.165, 1.54) is 12.1 Å². The van der Waals surface area contributed by atoms with Gasteiger partial charge in [-0.3, -0.25) is 4.90 Å². The van der Waals surface area contributed by atoms with Gasteiger partial charge in [0.15, 0.2) is 0 Å². The maximum atomic E-state index is 13.0. The van der Waals surface area contributed by atoms with Crippen molar-refractivity contribution in [2.45, 2.75) is 18.4 Å². The standard InChI is InChI=1S/C17H26FN3O/c1-19-8-2-7-17(22,13-19)14-20-9-11-21(12-10-20)16-5-3-15(18)4-6-16/h3-6,22H,2,7-14H2,1H3. The fourth-order valence-electron chi connectivity index (χ4n) is 3.70. The maximum absolute atomic E-state index is 13.0. The van der Waals surface area contributed by atoms with Gasteiger partial charge in [0.1, 0.15) is 5.82 Å². The average molecular weight is 307 g/mol. The zero-order chi connectivity index (χ0) is 15.6. The third kappa shape index (κ3) is 3.77. The van der Waals surface area contributed by atoms with Crippen LogP contribution in [0, 0.1) is 5.82 Å². The molecule has 0 aliphatic carbocycles. The van der Waals surface area contributed by atoms with Crippen molar-refractivity contribution in [1.29, 1.82) is 0 Å². The van der Waals surface area contributed by atoms with Crippen LogP contribution in [0.15, 0.2) is 24.3 Å². The Hall–Kier alpha value is -1.17. The molecule has 1 N–H and O–H groups in total. The highest BCUT2D eigenvalue weighted by molar-refractivity contribution is 5.46. The van der Waals surface area contributed by atoms with Crippen LogP contribution in [0.4, 0.5) is 10.1 Å². The summed E-state index contributed by atoms with van der Waals surface area (Å²) in [5, 5.41) is 10.8. The van der Waals surface area contributed by atoms with Gasteiger partial charge in [-0.2, -0.15) is 0 Å². The van der Waals surface area contributed by atoms with Crippen LogP contribution in [0.25, 0.3) is 0 Å². The second kappa shape index (κ2) is 6.52. The number of β-amino-alcohol motifs (C(OH)–C–C–N with tert-alkyl or cyclic N) is 1. The highest BCUT2D eigenvalue weighted by Crippen LogP contribution is 2.23. The smallest absolute Gasteiger partial charge is 0.123 e. The normalized spacial score (nSPS) is 28.0. The molecule has 0 saturated carbocycles. The Bertz CT molecular complexity index is 487. The molecule has 1 unspecified atom stereocenters. The lowest BCUT2D eigenvalue weighted by molar-refractivity contribution is -0.0478. The Labute approximate surface area is 132 Å². The number of hydrogen-bond acceptors (Lipinski definition) is 4. The van der Waals surface area contributed by atoms with Crippen molar-refractivity contribution in [3.63, 3.8) is 0 Å². The second-order valence-electron chi connectivity index (χ2n) is 6.81. The number of likely N-dealkylation sites (N-methyl/N-ethyl adjacent to an activating group) is 1. The predicted octanol–water partition coefficient (Wildman–Crippen LogP) is 1.40. The summed E-state index contributed by atoms with van der Waals surface area (Å²) >= 11 is 0. The van der Waals surface area contributed by atoms with E-state index in [2.05, 4.69) is 21.7 Å². The summed E-state index contributed by atoms with van der Waals surface area (Å²) in [5.41, 5.74) is 0.516. The highest BCUT2D eigenvalue weighted by atomic mass is 19.1. The molecule has 2 saturated heterocycles. The monoisotopic (exact) mass is 307 g/mol. The average Bonchev–Trinajstić information content (AvgIpc) is 2.48. The quantitative estimate of drug-likeness (QED) is 0.914. The van der Waals surface area contributed by atoms with Gasteiger partial charge < -0.3 is 14.9 Å². The third-order valence-corrected chi connectivity index (χ3v) is 4.83. The SMILES string of the molecule is CN1CCCC(O)(CN2CCN(c3ccc(F)cc3)CC2)C1. The Morgan fingerprint density at radius 3 is 2.41 bits per heavy atom. The Morgan fingerprint density at radius 2 is 1.77 bits per heavy atom. The number of halogens is 1. The van der Waals surface area contributed by atoms with Crippen molar-refractivity contribution in [1.82, 2.24) is 9.80 Å². The molecule has 2 aliphatic heterocycles. The van der Waals surface area contributed by atoms with Crippen molar-refractivity contribution in [2.24, 2.45) is 0 Å². The minimum Gasteiger partial charge on any atom is -0.387 e. The Kier molecular flexibility index (Phi) is 4.66. The van der Waals surface area contributed by atoms with Gasteiger partial charge in [-0.25, -0.2) is 4.39 Å². The predicted molar refractivity (Wildman–Crippen MR) is 86.7 cm³/mol. The lowest BCUT2D eigenvalue weighted by Gasteiger charge is -2.43. The molecule has 3 rings (SSSR count). The minimum atomic E-state index is -0.564. The molecule has 1 aromatic carbocycles. The summed E-state index contributed by atoms with van der Waals surface area (Å²) in [4.78, 5) is 6.87. The summed E-state index contributed by atoms with van der Waals surface area (Å²) in [6, 6.07) is 6.72. The summed E-state index contributed by atoms with van der Waals surface area (Å²) < 4.78 is 13.0. The molecule has 0 amide bonds. The second-order valence-corrected chi connectivity index (χ2v) is 6.81. The van der Waals surface area contributed by atoms with E-state index < -0.39 is 5.60 Å². The van der Waals surface area contributed by atoms with Crippen LogP contribution in [-0.4, -0.2) is 73.4 Å². The van der Waals surface area contributed by atoms with E-state index in [9.17, 15) is 9.50 Å². The van der Waals surface area contributed by atoms with E-state index in [1.807, 2.05) is 12.1 Å². The molecule has 1 aromatic rings. The lowest BCUT2D eigenvalue weighted by Crippen LogP contribution is -2.56. The number of piperazine rings is 1. The number of anilines is 1. The Balaban J connectivity index is 1.52. The number of piperidine rings is 1. The fourth-order valence-corrected chi connectivity index (χ4v) is 3.70. The van der Waals surface area contributed by atoms with Gasteiger partial charge in [0, 0.05) is 45.0 Å². The molecule has 0 aromatic heterocycles.